The SMILES string of the molecule is Cc1nn(Cc2ccccc2Cl)c(C)c1CN(C)Cn1[nH]c(C(C)(C)C)nc1=S. The molecule has 0 saturated carbocycles. The summed E-state index contributed by atoms with van der Waals surface area (Å²) in [4.78, 5) is 6.71. The van der Waals surface area contributed by atoms with Gasteiger partial charge in [-0.15, -0.1) is 0 Å². The summed E-state index contributed by atoms with van der Waals surface area (Å²) in [6, 6.07) is 7.90. The van der Waals surface area contributed by atoms with Gasteiger partial charge in [-0.2, -0.15) is 5.10 Å². The normalized spacial score (nSPS) is 12.1. The van der Waals surface area contributed by atoms with Crippen LogP contribution in [0, 0.1) is 18.6 Å². The molecule has 1 N–H and O–H groups in total. The van der Waals surface area contributed by atoms with Crippen molar-refractivity contribution in [3.63, 3.8) is 0 Å². The monoisotopic (exact) mass is 432 g/mol. The van der Waals surface area contributed by atoms with Gasteiger partial charge in [0.05, 0.1) is 18.9 Å². The molecule has 0 aliphatic heterocycles. The molecule has 0 amide bonds. The minimum atomic E-state index is -0.0651. The van der Waals surface area contributed by atoms with Gasteiger partial charge in [0, 0.05) is 28.2 Å². The standard InChI is InChI=1S/C21H29ClN6S/c1-14-17(15(2)27(24-14)11-16-9-7-8-10-18(16)22)12-26(6)13-28-20(29)23-19(25-28)21(3,4)5/h7-10H,11-13H2,1-6H3,(H,23,25,29). The Morgan fingerprint density at radius 2 is 1.90 bits per heavy atom. The lowest BCUT2D eigenvalue weighted by molar-refractivity contribution is 0.242. The van der Waals surface area contributed by atoms with E-state index >= 15 is 0 Å². The van der Waals surface area contributed by atoms with Crippen LogP contribution in [0.25, 0.3) is 0 Å². The predicted molar refractivity (Wildman–Crippen MR) is 120 cm³/mol. The van der Waals surface area contributed by atoms with Gasteiger partial charge in [-0.3, -0.25) is 14.7 Å². The zero-order valence-corrected chi connectivity index (χ0v) is 19.5. The molecule has 0 radical (unpaired) electrons. The molecule has 0 aliphatic carbocycles. The number of rotatable bonds is 6. The molecular formula is C21H29ClN6S. The first-order valence-corrected chi connectivity index (χ1v) is 10.5. The van der Waals surface area contributed by atoms with Crippen LogP contribution in [0.3, 0.4) is 0 Å². The molecule has 29 heavy (non-hydrogen) atoms. The van der Waals surface area contributed by atoms with Crippen molar-refractivity contribution in [3.8, 4) is 0 Å². The third kappa shape index (κ3) is 4.97. The summed E-state index contributed by atoms with van der Waals surface area (Å²) in [5.74, 6) is 0.899. The molecule has 1 aromatic carbocycles. The Balaban J connectivity index is 1.75. The quantitative estimate of drug-likeness (QED) is 0.566. The first-order valence-electron chi connectivity index (χ1n) is 9.68. The summed E-state index contributed by atoms with van der Waals surface area (Å²) in [5, 5.41) is 8.85. The molecule has 0 bridgehead atoms. The molecule has 0 unspecified atom stereocenters. The van der Waals surface area contributed by atoms with Crippen LogP contribution in [0.15, 0.2) is 24.3 Å². The highest BCUT2D eigenvalue weighted by molar-refractivity contribution is 7.71. The number of hydrogen-bond acceptors (Lipinski definition) is 4. The largest absolute Gasteiger partial charge is 0.283 e. The van der Waals surface area contributed by atoms with Gasteiger partial charge in [-0.05, 0) is 44.7 Å². The van der Waals surface area contributed by atoms with Crippen LogP contribution in [-0.4, -0.2) is 36.5 Å². The van der Waals surface area contributed by atoms with Crippen LogP contribution < -0.4 is 0 Å². The number of H-pyrrole nitrogens is 1. The number of benzene rings is 1. The van der Waals surface area contributed by atoms with E-state index in [9.17, 15) is 0 Å². The fourth-order valence-electron chi connectivity index (χ4n) is 3.25. The third-order valence-corrected chi connectivity index (χ3v) is 5.69. The number of aromatic nitrogens is 5. The second kappa shape index (κ2) is 8.42. The Kier molecular flexibility index (Phi) is 6.31. The molecule has 0 aliphatic rings. The predicted octanol–water partition coefficient (Wildman–Crippen LogP) is 4.84. The average molecular weight is 433 g/mol. The molecule has 8 heteroatoms. The van der Waals surface area contributed by atoms with Crippen LogP contribution in [-0.2, 0) is 25.2 Å². The van der Waals surface area contributed by atoms with Crippen molar-refractivity contribution in [1.82, 2.24) is 29.4 Å². The molecular weight excluding hydrogens is 404 g/mol. The van der Waals surface area contributed by atoms with Gasteiger partial charge in [0.1, 0.15) is 5.82 Å². The summed E-state index contributed by atoms with van der Waals surface area (Å²) >= 11 is 11.8. The van der Waals surface area contributed by atoms with E-state index in [1.54, 1.807) is 0 Å². The topological polar surface area (TPSA) is 54.7 Å². The van der Waals surface area contributed by atoms with Crippen molar-refractivity contribution in [3.05, 3.63) is 62.4 Å². The minimum Gasteiger partial charge on any atom is -0.283 e. The fourth-order valence-corrected chi connectivity index (χ4v) is 3.64. The maximum atomic E-state index is 6.33. The molecule has 2 aromatic heterocycles. The van der Waals surface area contributed by atoms with Crippen molar-refractivity contribution < 1.29 is 0 Å². The van der Waals surface area contributed by atoms with E-state index in [2.05, 4.69) is 56.6 Å². The van der Waals surface area contributed by atoms with E-state index in [-0.39, 0.29) is 5.41 Å². The first kappa shape index (κ1) is 21.7. The van der Waals surface area contributed by atoms with Crippen molar-refractivity contribution in [1.29, 1.82) is 0 Å². The summed E-state index contributed by atoms with van der Waals surface area (Å²) in [6.45, 7) is 12.6. The van der Waals surface area contributed by atoms with E-state index < -0.39 is 0 Å². The molecule has 2 heterocycles. The van der Waals surface area contributed by atoms with Gasteiger partial charge < -0.3 is 0 Å². The number of halogens is 1. The molecule has 156 valence electrons. The number of hydrogen-bond donors (Lipinski definition) is 1. The maximum absolute atomic E-state index is 6.33. The van der Waals surface area contributed by atoms with Crippen molar-refractivity contribution in [2.45, 2.75) is 59.8 Å². The number of aryl methyl sites for hydroxylation is 1. The zero-order valence-electron chi connectivity index (χ0n) is 18.0. The minimum absolute atomic E-state index is 0.0651. The van der Waals surface area contributed by atoms with Crippen LogP contribution >= 0.6 is 23.8 Å². The van der Waals surface area contributed by atoms with E-state index in [1.165, 1.54) is 5.56 Å². The van der Waals surface area contributed by atoms with Gasteiger partial charge in [-0.1, -0.05) is 50.6 Å². The highest BCUT2D eigenvalue weighted by Crippen LogP contribution is 2.21. The van der Waals surface area contributed by atoms with Gasteiger partial charge in [-0.25, -0.2) is 9.67 Å². The molecule has 0 fully saturated rings. The Labute approximate surface area is 182 Å². The van der Waals surface area contributed by atoms with Crippen LogP contribution in [0.2, 0.25) is 5.02 Å². The lowest BCUT2D eigenvalue weighted by Crippen LogP contribution is -2.23. The van der Waals surface area contributed by atoms with E-state index in [0.717, 1.165) is 34.3 Å². The maximum Gasteiger partial charge on any atom is 0.217 e. The molecule has 0 spiro atoms. The lowest BCUT2D eigenvalue weighted by Gasteiger charge is -2.18. The van der Waals surface area contributed by atoms with E-state index in [1.807, 2.05) is 33.6 Å². The second-order valence-corrected chi connectivity index (χ2v) is 9.36. The van der Waals surface area contributed by atoms with Crippen LogP contribution in [0.4, 0.5) is 0 Å². The van der Waals surface area contributed by atoms with E-state index in [0.29, 0.717) is 18.0 Å². The van der Waals surface area contributed by atoms with Crippen molar-refractivity contribution in [2.24, 2.45) is 0 Å². The smallest absolute Gasteiger partial charge is 0.217 e. The Morgan fingerprint density at radius 3 is 2.52 bits per heavy atom. The van der Waals surface area contributed by atoms with Gasteiger partial charge in [0.15, 0.2) is 0 Å². The molecule has 0 saturated heterocycles. The first-order chi connectivity index (χ1) is 13.6. The summed E-state index contributed by atoms with van der Waals surface area (Å²) in [7, 11) is 2.07. The van der Waals surface area contributed by atoms with Crippen molar-refractivity contribution in [2.75, 3.05) is 7.05 Å². The second-order valence-electron chi connectivity index (χ2n) is 8.59. The highest BCUT2D eigenvalue weighted by Gasteiger charge is 2.19. The zero-order chi connectivity index (χ0) is 21.3. The molecule has 0 atom stereocenters. The van der Waals surface area contributed by atoms with Gasteiger partial charge in [0.2, 0.25) is 4.77 Å². The van der Waals surface area contributed by atoms with Crippen molar-refractivity contribution >= 4 is 23.8 Å². The lowest BCUT2D eigenvalue weighted by atomic mass is 9.96. The summed E-state index contributed by atoms with van der Waals surface area (Å²) in [5.41, 5.74) is 4.41. The van der Waals surface area contributed by atoms with Crippen LogP contribution in [0.1, 0.15) is 49.1 Å². The molecule has 6 nitrogen and oxygen atoms in total. The van der Waals surface area contributed by atoms with Crippen LogP contribution in [0.5, 0.6) is 0 Å². The number of nitrogens with one attached hydrogen (secondary N) is 1. The average Bonchev–Trinajstić information content (AvgIpc) is 3.12. The third-order valence-electron chi connectivity index (χ3n) is 5.01. The summed E-state index contributed by atoms with van der Waals surface area (Å²) in [6.07, 6.45) is 0. The number of nitrogens with zero attached hydrogens (tertiary/aromatic N) is 5. The van der Waals surface area contributed by atoms with Gasteiger partial charge >= 0.3 is 0 Å². The van der Waals surface area contributed by atoms with Gasteiger partial charge in [0.25, 0.3) is 0 Å². The highest BCUT2D eigenvalue weighted by atomic mass is 35.5. The molecule has 3 rings (SSSR count). The molecule has 3 aromatic rings. The summed E-state index contributed by atoms with van der Waals surface area (Å²) < 4.78 is 4.51. The fraction of sp³-hybridized carbons (Fsp3) is 0.476. The Morgan fingerprint density at radius 1 is 1.21 bits per heavy atom. The Bertz CT molecular complexity index is 1060. The number of aromatic amines is 1. The van der Waals surface area contributed by atoms with E-state index in [4.69, 9.17) is 28.9 Å². The Hall–Kier alpha value is -1.96.